The molecule has 30 heavy (non-hydrogen) atoms. The Morgan fingerprint density at radius 1 is 1.07 bits per heavy atom. The number of fused-ring (bicyclic) bond motifs is 1. The third kappa shape index (κ3) is 4.20. The molecule has 0 atom stereocenters. The van der Waals surface area contributed by atoms with Gasteiger partial charge in [-0.15, -0.1) is 0 Å². The minimum atomic E-state index is -3.45. The molecule has 1 aliphatic rings. The normalized spacial score (nSPS) is 14.8. The lowest BCUT2D eigenvalue weighted by atomic mass is 10.2. The molecule has 0 bridgehead atoms. The van der Waals surface area contributed by atoms with Crippen molar-refractivity contribution in [1.29, 1.82) is 0 Å². The highest BCUT2D eigenvalue weighted by atomic mass is 32.2. The first kappa shape index (κ1) is 20.4. The summed E-state index contributed by atoms with van der Waals surface area (Å²) in [6, 6.07) is 14.5. The van der Waals surface area contributed by atoms with Crippen LogP contribution in [0, 0.1) is 0 Å². The van der Waals surface area contributed by atoms with Gasteiger partial charge in [0, 0.05) is 36.7 Å². The molecule has 1 saturated heterocycles. The Hall–Kier alpha value is -2.84. The average Bonchev–Trinajstić information content (AvgIpc) is 3.43. The van der Waals surface area contributed by atoms with Crippen molar-refractivity contribution in [3.8, 4) is 5.75 Å². The molecule has 2 heterocycles. The number of aromatic nitrogens is 1. The molecule has 8 heteroatoms. The predicted octanol–water partition coefficient (Wildman–Crippen LogP) is 2.75. The minimum absolute atomic E-state index is 0.114. The van der Waals surface area contributed by atoms with E-state index in [-0.39, 0.29) is 12.5 Å². The molecule has 1 fully saturated rings. The number of nitrogens with one attached hydrogen (secondary N) is 1. The number of amides is 1. The molecule has 1 amide bonds. The standard InChI is InChI=1S/C22H25N3O4S/c1-29-19-6-4-17(5-7-19)15-23-22(26)16-24-13-10-18-14-20(8-9-21(18)24)30(27,28)25-11-2-3-12-25/h4-10,13-14H,2-3,11-12,15-16H2,1H3,(H,23,26). The van der Waals surface area contributed by atoms with Gasteiger partial charge in [-0.2, -0.15) is 4.31 Å². The van der Waals surface area contributed by atoms with E-state index in [1.54, 1.807) is 25.3 Å². The molecule has 0 unspecified atom stereocenters. The van der Waals surface area contributed by atoms with E-state index in [0.717, 1.165) is 35.1 Å². The quantitative estimate of drug-likeness (QED) is 0.629. The van der Waals surface area contributed by atoms with Gasteiger partial charge in [-0.25, -0.2) is 8.42 Å². The van der Waals surface area contributed by atoms with E-state index < -0.39 is 10.0 Å². The molecular weight excluding hydrogens is 402 g/mol. The molecule has 4 rings (SSSR count). The molecule has 158 valence electrons. The van der Waals surface area contributed by atoms with E-state index in [2.05, 4.69) is 5.32 Å². The molecule has 1 aliphatic heterocycles. The zero-order valence-electron chi connectivity index (χ0n) is 16.9. The number of methoxy groups -OCH3 is 1. The van der Waals surface area contributed by atoms with Crippen molar-refractivity contribution < 1.29 is 17.9 Å². The zero-order chi connectivity index (χ0) is 21.1. The van der Waals surface area contributed by atoms with E-state index in [4.69, 9.17) is 4.74 Å². The molecule has 0 saturated carbocycles. The van der Waals surface area contributed by atoms with Crippen molar-refractivity contribution in [2.75, 3.05) is 20.2 Å². The van der Waals surface area contributed by atoms with Gasteiger partial charge in [0.15, 0.2) is 0 Å². The maximum Gasteiger partial charge on any atom is 0.243 e. The highest BCUT2D eigenvalue weighted by Crippen LogP contribution is 2.25. The maximum absolute atomic E-state index is 12.8. The van der Waals surface area contributed by atoms with Crippen LogP contribution >= 0.6 is 0 Å². The summed E-state index contributed by atoms with van der Waals surface area (Å²) in [5.41, 5.74) is 1.81. The Bertz CT molecular complexity index is 1150. The lowest BCUT2D eigenvalue weighted by molar-refractivity contribution is -0.121. The Kier molecular flexibility index (Phi) is 5.78. The second-order valence-electron chi connectivity index (χ2n) is 7.40. The largest absolute Gasteiger partial charge is 0.497 e. The van der Waals surface area contributed by atoms with Crippen LogP contribution < -0.4 is 10.1 Å². The van der Waals surface area contributed by atoms with E-state index in [1.165, 1.54) is 4.31 Å². The fraction of sp³-hybridized carbons (Fsp3) is 0.318. The van der Waals surface area contributed by atoms with Crippen LogP contribution in [0.25, 0.3) is 10.9 Å². The lowest BCUT2D eigenvalue weighted by Gasteiger charge is -2.15. The topological polar surface area (TPSA) is 80.6 Å². The Balaban J connectivity index is 1.43. The molecule has 0 radical (unpaired) electrons. The summed E-state index contributed by atoms with van der Waals surface area (Å²) >= 11 is 0. The van der Waals surface area contributed by atoms with Crippen molar-refractivity contribution >= 4 is 26.8 Å². The van der Waals surface area contributed by atoms with Gasteiger partial charge in [-0.3, -0.25) is 4.79 Å². The van der Waals surface area contributed by atoms with Gasteiger partial charge in [-0.1, -0.05) is 12.1 Å². The summed E-state index contributed by atoms with van der Waals surface area (Å²) in [6.45, 7) is 1.75. The van der Waals surface area contributed by atoms with Gasteiger partial charge >= 0.3 is 0 Å². The van der Waals surface area contributed by atoms with Crippen molar-refractivity contribution in [2.24, 2.45) is 0 Å². The van der Waals surface area contributed by atoms with Crippen LogP contribution in [0.15, 0.2) is 59.6 Å². The average molecular weight is 428 g/mol. The maximum atomic E-state index is 12.8. The van der Waals surface area contributed by atoms with E-state index in [1.807, 2.05) is 41.1 Å². The number of hydrogen-bond acceptors (Lipinski definition) is 4. The van der Waals surface area contributed by atoms with Gasteiger partial charge in [0.25, 0.3) is 0 Å². The number of hydrogen-bond donors (Lipinski definition) is 1. The van der Waals surface area contributed by atoms with Crippen LogP contribution in [0.3, 0.4) is 0 Å². The van der Waals surface area contributed by atoms with Crippen LogP contribution in [-0.4, -0.2) is 43.4 Å². The zero-order valence-corrected chi connectivity index (χ0v) is 17.7. The van der Waals surface area contributed by atoms with Gasteiger partial charge in [0.05, 0.1) is 12.0 Å². The van der Waals surface area contributed by atoms with Crippen LogP contribution in [0.1, 0.15) is 18.4 Å². The summed E-state index contributed by atoms with van der Waals surface area (Å²) < 4.78 is 34.0. The number of benzene rings is 2. The number of carbonyl (C=O) groups is 1. The van der Waals surface area contributed by atoms with Crippen molar-refractivity contribution in [3.05, 3.63) is 60.3 Å². The van der Waals surface area contributed by atoms with Gasteiger partial charge in [-0.05, 0) is 54.8 Å². The second-order valence-corrected chi connectivity index (χ2v) is 9.34. The van der Waals surface area contributed by atoms with Crippen molar-refractivity contribution in [1.82, 2.24) is 14.2 Å². The number of nitrogens with zero attached hydrogens (tertiary/aromatic N) is 2. The first-order valence-corrected chi connectivity index (χ1v) is 11.4. The summed E-state index contributed by atoms with van der Waals surface area (Å²) in [6.07, 6.45) is 3.62. The van der Waals surface area contributed by atoms with Gasteiger partial charge in [0.1, 0.15) is 12.3 Å². The van der Waals surface area contributed by atoms with Crippen LogP contribution in [0.5, 0.6) is 5.75 Å². The van der Waals surface area contributed by atoms with E-state index >= 15 is 0 Å². The summed E-state index contributed by atoms with van der Waals surface area (Å²) in [5.74, 6) is 0.659. The molecular formula is C22H25N3O4S. The van der Waals surface area contributed by atoms with Gasteiger partial charge in [0.2, 0.25) is 15.9 Å². The SMILES string of the molecule is COc1ccc(CNC(=O)Cn2ccc3cc(S(=O)(=O)N4CCCC4)ccc32)cc1. The fourth-order valence-electron chi connectivity index (χ4n) is 3.71. The third-order valence-electron chi connectivity index (χ3n) is 5.41. The Labute approximate surface area is 176 Å². The van der Waals surface area contributed by atoms with Gasteiger partial charge < -0.3 is 14.6 Å². The molecule has 7 nitrogen and oxygen atoms in total. The molecule has 1 aromatic heterocycles. The summed E-state index contributed by atoms with van der Waals surface area (Å²) in [7, 11) is -1.84. The Morgan fingerprint density at radius 3 is 2.50 bits per heavy atom. The molecule has 1 N–H and O–H groups in total. The first-order chi connectivity index (χ1) is 14.5. The molecule has 2 aromatic carbocycles. The van der Waals surface area contributed by atoms with Crippen molar-refractivity contribution in [3.63, 3.8) is 0 Å². The molecule has 0 spiro atoms. The minimum Gasteiger partial charge on any atom is -0.497 e. The lowest BCUT2D eigenvalue weighted by Crippen LogP contribution is -2.28. The number of carbonyl (C=O) groups excluding carboxylic acids is 1. The molecule has 0 aliphatic carbocycles. The summed E-state index contributed by atoms with van der Waals surface area (Å²) in [5, 5.41) is 3.71. The van der Waals surface area contributed by atoms with Crippen LogP contribution in [0.4, 0.5) is 0 Å². The highest BCUT2D eigenvalue weighted by Gasteiger charge is 2.27. The van der Waals surface area contributed by atoms with E-state index in [9.17, 15) is 13.2 Å². The predicted molar refractivity (Wildman–Crippen MR) is 115 cm³/mol. The van der Waals surface area contributed by atoms with Crippen LogP contribution in [-0.2, 0) is 27.9 Å². The smallest absolute Gasteiger partial charge is 0.243 e. The van der Waals surface area contributed by atoms with E-state index in [0.29, 0.717) is 24.5 Å². The molecule has 3 aromatic rings. The first-order valence-electron chi connectivity index (χ1n) is 9.96. The number of ether oxygens (including phenoxy) is 1. The highest BCUT2D eigenvalue weighted by molar-refractivity contribution is 7.89. The van der Waals surface area contributed by atoms with Crippen molar-refractivity contribution in [2.45, 2.75) is 30.8 Å². The number of rotatable bonds is 7. The Morgan fingerprint density at radius 2 is 1.80 bits per heavy atom. The van der Waals surface area contributed by atoms with Crippen LogP contribution in [0.2, 0.25) is 0 Å². The fourth-order valence-corrected chi connectivity index (χ4v) is 5.26. The monoisotopic (exact) mass is 427 g/mol. The summed E-state index contributed by atoms with van der Waals surface area (Å²) in [4.78, 5) is 12.7. The second kappa shape index (κ2) is 8.49. The number of sulfonamides is 1. The third-order valence-corrected chi connectivity index (χ3v) is 7.30.